The van der Waals surface area contributed by atoms with Gasteiger partial charge in [0.2, 0.25) is 0 Å². The van der Waals surface area contributed by atoms with E-state index in [4.69, 9.17) is 32.9 Å². The predicted molar refractivity (Wildman–Crippen MR) is 110 cm³/mol. The van der Waals surface area contributed by atoms with E-state index in [1.807, 2.05) is 19.1 Å². The molecule has 0 saturated carbocycles. The maximum absolute atomic E-state index is 9.97. The van der Waals surface area contributed by atoms with E-state index in [0.717, 1.165) is 68.1 Å². The number of benzene rings is 1. The molecule has 2 saturated heterocycles. The van der Waals surface area contributed by atoms with Gasteiger partial charge in [-0.3, -0.25) is 0 Å². The van der Waals surface area contributed by atoms with Gasteiger partial charge in [-0.15, -0.1) is 0 Å². The van der Waals surface area contributed by atoms with E-state index in [2.05, 4.69) is 11.0 Å². The first-order valence-corrected chi connectivity index (χ1v) is 10.2. The third-order valence-electron chi connectivity index (χ3n) is 5.98. The number of halogens is 2. The lowest BCUT2D eigenvalue weighted by molar-refractivity contribution is 0.133. The fourth-order valence-corrected chi connectivity index (χ4v) is 4.64. The second-order valence-corrected chi connectivity index (χ2v) is 8.45. The minimum absolute atomic E-state index is 0.106. The second kappa shape index (κ2) is 7.59. The van der Waals surface area contributed by atoms with Crippen LogP contribution >= 0.6 is 23.2 Å². The van der Waals surface area contributed by atoms with Gasteiger partial charge in [0.25, 0.3) is 0 Å². The topological polar surface area (TPSA) is 45.6 Å². The summed E-state index contributed by atoms with van der Waals surface area (Å²) in [5.74, 6) is 0. The number of piperidine rings is 1. The van der Waals surface area contributed by atoms with Crippen molar-refractivity contribution in [3.63, 3.8) is 0 Å². The highest BCUT2D eigenvalue weighted by Crippen LogP contribution is 2.41. The molecule has 2 aliphatic rings. The molecule has 0 atom stereocenters. The summed E-state index contributed by atoms with van der Waals surface area (Å²) in [5.41, 5.74) is 4.65. The molecule has 1 spiro atoms. The molecule has 1 aromatic heterocycles. The number of rotatable bonds is 3. The van der Waals surface area contributed by atoms with E-state index in [9.17, 15) is 5.11 Å². The summed E-state index contributed by atoms with van der Waals surface area (Å²) in [4.78, 5) is 7.11. The van der Waals surface area contributed by atoms with Crippen LogP contribution in [0.25, 0.3) is 11.3 Å². The molecule has 2 aromatic rings. The van der Waals surface area contributed by atoms with Gasteiger partial charge in [0.05, 0.1) is 40.3 Å². The molecule has 2 fully saturated rings. The molecule has 1 N–H and O–H groups in total. The first-order chi connectivity index (χ1) is 13.0. The molecule has 0 amide bonds. The number of aliphatic hydroxyl groups is 1. The summed E-state index contributed by atoms with van der Waals surface area (Å²) >= 11 is 12.6. The molecular formula is C21H24Cl2N2O2. The van der Waals surface area contributed by atoms with Crippen molar-refractivity contribution in [2.24, 2.45) is 5.41 Å². The Bertz CT molecular complexity index is 840. The van der Waals surface area contributed by atoms with Gasteiger partial charge in [0.15, 0.2) is 0 Å². The minimum atomic E-state index is -0.106. The first kappa shape index (κ1) is 19.0. The monoisotopic (exact) mass is 406 g/mol. The number of aromatic nitrogens is 1. The Labute approximate surface area is 170 Å². The van der Waals surface area contributed by atoms with Gasteiger partial charge in [-0.2, -0.15) is 0 Å². The smallest absolute Gasteiger partial charge is 0.0898 e. The van der Waals surface area contributed by atoms with Crippen LogP contribution in [0.2, 0.25) is 10.0 Å². The number of pyridine rings is 1. The molecule has 27 heavy (non-hydrogen) atoms. The van der Waals surface area contributed by atoms with E-state index in [-0.39, 0.29) is 6.61 Å². The third kappa shape index (κ3) is 3.56. The number of nitrogens with zero attached hydrogens (tertiary/aromatic N) is 2. The van der Waals surface area contributed by atoms with Crippen molar-refractivity contribution in [3.8, 4) is 11.3 Å². The quantitative estimate of drug-likeness (QED) is 0.789. The second-order valence-electron chi connectivity index (χ2n) is 7.67. The van der Waals surface area contributed by atoms with E-state index in [1.54, 1.807) is 6.07 Å². The summed E-state index contributed by atoms with van der Waals surface area (Å²) < 4.78 is 5.63. The molecule has 0 aliphatic carbocycles. The van der Waals surface area contributed by atoms with Crippen LogP contribution in [0.5, 0.6) is 0 Å². The summed E-state index contributed by atoms with van der Waals surface area (Å²) in [5, 5.41) is 11.0. The molecule has 0 radical (unpaired) electrons. The van der Waals surface area contributed by atoms with Crippen LogP contribution in [-0.4, -0.2) is 36.4 Å². The molecule has 6 heteroatoms. The zero-order valence-corrected chi connectivity index (χ0v) is 17.0. The number of ether oxygens (including phenoxy) is 1. The number of hydrogen-bond acceptors (Lipinski definition) is 4. The molecule has 0 bridgehead atoms. The largest absolute Gasteiger partial charge is 0.390 e. The van der Waals surface area contributed by atoms with Gasteiger partial charge >= 0.3 is 0 Å². The van der Waals surface area contributed by atoms with Crippen LogP contribution in [-0.2, 0) is 11.3 Å². The lowest BCUT2D eigenvalue weighted by Gasteiger charge is -2.40. The Kier molecular flexibility index (Phi) is 5.34. The molecule has 4 rings (SSSR count). The van der Waals surface area contributed by atoms with Crippen molar-refractivity contribution < 1.29 is 9.84 Å². The van der Waals surface area contributed by atoms with Crippen molar-refractivity contribution in [2.75, 3.05) is 31.2 Å². The van der Waals surface area contributed by atoms with Crippen LogP contribution in [0, 0.1) is 12.3 Å². The lowest BCUT2D eigenvalue weighted by Crippen LogP contribution is -2.41. The summed E-state index contributed by atoms with van der Waals surface area (Å²) in [6.07, 6.45) is 3.41. The fourth-order valence-electron chi connectivity index (χ4n) is 4.25. The van der Waals surface area contributed by atoms with Crippen molar-refractivity contribution in [3.05, 3.63) is 45.6 Å². The van der Waals surface area contributed by atoms with Gasteiger partial charge in [-0.1, -0.05) is 35.3 Å². The molecule has 144 valence electrons. The van der Waals surface area contributed by atoms with Crippen LogP contribution < -0.4 is 4.90 Å². The van der Waals surface area contributed by atoms with E-state index >= 15 is 0 Å². The van der Waals surface area contributed by atoms with Crippen LogP contribution in [0.1, 0.15) is 30.5 Å². The van der Waals surface area contributed by atoms with Gasteiger partial charge in [0.1, 0.15) is 0 Å². The third-order valence-corrected chi connectivity index (χ3v) is 6.79. The minimum Gasteiger partial charge on any atom is -0.390 e. The Morgan fingerprint density at radius 2 is 2.00 bits per heavy atom. The Balaban J connectivity index is 1.65. The average Bonchev–Trinajstić information content (AvgIpc) is 3.13. The lowest BCUT2D eigenvalue weighted by atomic mass is 9.78. The maximum Gasteiger partial charge on any atom is 0.0898 e. The Morgan fingerprint density at radius 1 is 1.22 bits per heavy atom. The van der Waals surface area contributed by atoms with E-state index in [0.29, 0.717) is 21.2 Å². The highest BCUT2D eigenvalue weighted by Gasteiger charge is 2.38. The van der Waals surface area contributed by atoms with Crippen molar-refractivity contribution in [2.45, 2.75) is 32.8 Å². The van der Waals surface area contributed by atoms with Gasteiger partial charge in [0, 0.05) is 25.3 Å². The van der Waals surface area contributed by atoms with E-state index in [1.165, 1.54) is 0 Å². The Hall–Kier alpha value is -1.33. The molecule has 1 aromatic carbocycles. The summed E-state index contributed by atoms with van der Waals surface area (Å²) in [7, 11) is 0. The molecule has 0 unspecified atom stereocenters. The Morgan fingerprint density at radius 3 is 2.67 bits per heavy atom. The zero-order valence-electron chi connectivity index (χ0n) is 15.5. The number of aliphatic hydroxyl groups excluding tert-OH is 1. The number of aryl methyl sites for hydroxylation is 1. The summed E-state index contributed by atoms with van der Waals surface area (Å²) in [6.45, 7) is 5.63. The standard InChI is InChI=1S/C21H24Cl2N2O2/c1-14-11-18(25-8-5-21(6-9-25)7-10-27-13-21)17(12-26)24-20(14)15-3-2-4-16(22)19(15)23/h2-4,11,26H,5-10,12-13H2,1H3. The summed E-state index contributed by atoms with van der Waals surface area (Å²) in [6, 6.07) is 7.66. The average molecular weight is 407 g/mol. The fraction of sp³-hybridized carbons (Fsp3) is 0.476. The van der Waals surface area contributed by atoms with Gasteiger partial charge < -0.3 is 14.7 Å². The van der Waals surface area contributed by atoms with Crippen LogP contribution in [0.15, 0.2) is 24.3 Å². The zero-order chi connectivity index (χ0) is 19.0. The molecule has 2 aliphatic heterocycles. The van der Waals surface area contributed by atoms with Gasteiger partial charge in [-0.05, 0) is 49.3 Å². The molecular weight excluding hydrogens is 383 g/mol. The molecule has 3 heterocycles. The van der Waals surface area contributed by atoms with Crippen molar-refractivity contribution in [1.82, 2.24) is 4.98 Å². The van der Waals surface area contributed by atoms with Crippen LogP contribution in [0.3, 0.4) is 0 Å². The first-order valence-electron chi connectivity index (χ1n) is 9.41. The van der Waals surface area contributed by atoms with Crippen molar-refractivity contribution >= 4 is 28.9 Å². The highest BCUT2D eigenvalue weighted by molar-refractivity contribution is 6.43. The van der Waals surface area contributed by atoms with Crippen molar-refractivity contribution in [1.29, 1.82) is 0 Å². The predicted octanol–water partition coefficient (Wildman–Crippen LogP) is 4.86. The van der Waals surface area contributed by atoms with Gasteiger partial charge in [-0.25, -0.2) is 4.98 Å². The highest BCUT2D eigenvalue weighted by atomic mass is 35.5. The SMILES string of the molecule is Cc1cc(N2CCC3(CCOC3)CC2)c(CO)nc1-c1cccc(Cl)c1Cl. The number of hydrogen-bond donors (Lipinski definition) is 1. The molecule has 4 nitrogen and oxygen atoms in total. The van der Waals surface area contributed by atoms with Crippen LogP contribution in [0.4, 0.5) is 5.69 Å². The van der Waals surface area contributed by atoms with E-state index < -0.39 is 0 Å². The number of anilines is 1. The maximum atomic E-state index is 9.97. The normalized spacial score (nSPS) is 19.0.